The molecule has 1 heterocycles. The van der Waals surface area contributed by atoms with Gasteiger partial charge in [-0.25, -0.2) is 4.39 Å². The molecule has 1 fully saturated rings. The maximum absolute atomic E-state index is 13.5. The molecule has 1 saturated heterocycles. The van der Waals surface area contributed by atoms with Crippen LogP contribution < -0.4 is 16.2 Å². The molecule has 3 unspecified atom stereocenters. The lowest BCUT2D eigenvalue weighted by molar-refractivity contribution is -0.130. The number of carbonyl (C=O) groups excluding carboxylic acids is 2. The van der Waals surface area contributed by atoms with Gasteiger partial charge in [0.1, 0.15) is 5.82 Å². The first-order valence-corrected chi connectivity index (χ1v) is 11.2. The molecule has 2 amide bonds. The van der Waals surface area contributed by atoms with Crippen molar-refractivity contribution in [2.45, 2.75) is 50.7 Å². The molecule has 2 aromatic carbocycles. The molecule has 0 spiro atoms. The van der Waals surface area contributed by atoms with E-state index in [0.717, 1.165) is 30.4 Å². The fraction of sp³-hybridized carbons (Fsp3) is 0.417. The SMILES string of the molecule is CC(=O)NC(CC(=O)N(C)CCCC1CC(c2cccc(F)c2)NN1)c1ccc(Cl)cc1. The van der Waals surface area contributed by atoms with Crippen LogP contribution in [-0.2, 0) is 9.59 Å². The second kappa shape index (κ2) is 11.4. The molecule has 3 atom stereocenters. The van der Waals surface area contributed by atoms with E-state index in [9.17, 15) is 14.0 Å². The van der Waals surface area contributed by atoms with Gasteiger partial charge in [0.25, 0.3) is 0 Å². The van der Waals surface area contributed by atoms with Crippen LogP contribution in [0.15, 0.2) is 48.5 Å². The van der Waals surface area contributed by atoms with E-state index in [1.54, 1.807) is 36.2 Å². The molecule has 8 heteroatoms. The standard InChI is InChI=1S/C24H30ClFN4O2/c1-16(31)27-22(17-8-10-19(25)11-9-17)15-24(32)30(2)12-4-7-21-14-23(29-28-21)18-5-3-6-20(26)13-18/h3,5-6,8-11,13,21-23,28-29H,4,7,12,14-15H2,1-2H3,(H,27,31). The lowest BCUT2D eigenvalue weighted by atomic mass is 9.99. The van der Waals surface area contributed by atoms with E-state index >= 15 is 0 Å². The summed E-state index contributed by atoms with van der Waals surface area (Å²) in [5.74, 6) is -0.453. The monoisotopic (exact) mass is 460 g/mol. The number of halogens is 2. The van der Waals surface area contributed by atoms with Crippen LogP contribution in [0, 0.1) is 5.82 Å². The first-order chi connectivity index (χ1) is 15.3. The highest BCUT2D eigenvalue weighted by molar-refractivity contribution is 6.30. The molecule has 1 aliphatic rings. The second-order valence-electron chi connectivity index (χ2n) is 8.30. The molecule has 0 aromatic heterocycles. The maximum Gasteiger partial charge on any atom is 0.224 e. The van der Waals surface area contributed by atoms with Crippen molar-refractivity contribution in [1.29, 1.82) is 0 Å². The van der Waals surface area contributed by atoms with Crippen LogP contribution >= 0.6 is 11.6 Å². The van der Waals surface area contributed by atoms with Gasteiger partial charge >= 0.3 is 0 Å². The van der Waals surface area contributed by atoms with E-state index in [-0.39, 0.29) is 36.1 Å². The predicted molar refractivity (Wildman–Crippen MR) is 123 cm³/mol. The molecule has 3 N–H and O–H groups in total. The van der Waals surface area contributed by atoms with Gasteiger partial charge in [-0.05, 0) is 54.7 Å². The van der Waals surface area contributed by atoms with Crippen molar-refractivity contribution in [3.05, 3.63) is 70.5 Å². The molecule has 32 heavy (non-hydrogen) atoms. The molecule has 172 valence electrons. The van der Waals surface area contributed by atoms with Crippen LogP contribution in [0.1, 0.15) is 55.8 Å². The molecule has 0 aliphatic carbocycles. The number of benzene rings is 2. The van der Waals surface area contributed by atoms with Crippen molar-refractivity contribution in [2.75, 3.05) is 13.6 Å². The third-order valence-electron chi connectivity index (χ3n) is 5.73. The van der Waals surface area contributed by atoms with E-state index in [0.29, 0.717) is 11.6 Å². The predicted octanol–water partition coefficient (Wildman–Crippen LogP) is 3.89. The molecule has 0 saturated carbocycles. The zero-order chi connectivity index (χ0) is 23.1. The molecular weight excluding hydrogens is 431 g/mol. The third-order valence-corrected chi connectivity index (χ3v) is 5.99. The summed E-state index contributed by atoms with van der Waals surface area (Å²) in [4.78, 5) is 26.1. The Hall–Kier alpha value is -2.48. The van der Waals surface area contributed by atoms with E-state index in [2.05, 4.69) is 16.2 Å². The number of carbonyl (C=O) groups is 2. The van der Waals surface area contributed by atoms with E-state index in [1.807, 2.05) is 18.2 Å². The quantitative estimate of drug-likeness (QED) is 0.530. The zero-order valence-electron chi connectivity index (χ0n) is 18.4. The molecule has 1 aliphatic heterocycles. The minimum absolute atomic E-state index is 0.0335. The highest BCUT2D eigenvalue weighted by Gasteiger charge is 2.25. The van der Waals surface area contributed by atoms with Crippen LogP contribution in [0.2, 0.25) is 5.02 Å². The molecular formula is C24H30ClFN4O2. The number of rotatable bonds is 9. The lowest BCUT2D eigenvalue weighted by Crippen LogP contribution is -2.35. The number of hydrazine groups is 1. The highest BCUT2D eigenvalue weighted by atomic mass is 35.5. The van der Waals surface area contributed by atoms with Gasteiger partial charge in [0.2, 0.25) is 11.8 Å². The number of hydrogen-bond donors (Lipinski definition) is 3. The largest absolute Gasteiger partial charge is 0.349 e. The Morgan fingerprint density at radius 3 is 2.66 bits per heavy atom. The Morgan fingerprint density at radius 2 is 1.97 bits per heavy atom. The molecule has 6 nitrogen and oxygen atoms in total. The normalized spacial score (nSPS) is 18.9. The molecule has 0 bridgehead atoms. The van der Waals surface area contributed by atoms with Crippen molar-refractivity contribution in [3.8, 4) is 0 Å². The fourth-order valence-corrected chi connectivity index (χ4v) is 4.10. The summed E-state index contributed by atoms with van der Waals surface area (Å²) in [6.07, 6.45) is 2.77. The molecule has 3 rings (SSSR count). The summed E-state index contributed by atoms with van der Waals surface area (Å²) >= 11 is 5.95. The van der Waals surface area contributed by atoms with Crippen molar-refractivity contribution in [3.63, 3.8) is 0 Å². The summed E-state index contributed by atoms with van der Waals surface area (Å²) < 4.78 is 13.5. The van der Waals surface area contributed by atoms with Gasteiger partial charge in [-0.1, -0.05) is 35.9 Å². The zero-order valence-corrected chi connectivity index (χ0v) is 19.2. The fourth-order valence-electron chi connectivity index (χ4n) is 3.98. The summed E-state index contributed by atoms with van der Waals surface area (Å²) in [6, 6.07) is 13.7. The Labute approximate surface area is 193 Å². The van der Waals surface area contributed by atoms with Gasteiger partial charge in [-0.3, -0.25) is 20.4 Å². The third kappa shape index (κ3) is 7.02. The van der Waals surface area contributed by atoms with Gasteiger partial charge in [-0.2, -0.15) is 0 Å². The summed E-state index contributed by atoms with van der Waals surface area (Å²) in [5, 5.41) is 3.46. The first kappa shape index (κ1) is 24.2. The smallest absolute Gasteiger partial charge is 0.224 e. The van der Waals surface area contributed by atoms with Crippen LogP contribution in [0.25, 0.3) is 0 Å². The van der Waals surface area contributed by atoms with Crippen molar-refractivity contribution >= 4 is 23.4 Å². The minimum atomic E-state index is -0.396. The van der Waals surface area contributed by atoms with Gasteiger partial charge in [0.15, 0.2) is 0 Å². The van der Waals surface area contributed by atoms with Gasteiger partial charge in [0.05, 0.1) is 12.5 Å². The topological polar surface area (TPSA) is 73.5 Å². The number of nitrogens with zero attached hydrogens (tertiary/aromatic N) is 1. The van der Waals surface area contributed by atoms with Crippen LogP contribution in [0.5, 0.6) is 0 Å². The van der Waals surface area contributed by atoms with Crippen LogP contribution in [0.4, 0.5) is 4.39 Å². The minimum Gasteiger partial charge on any atom is -0.349 e. The van der Waals surface area contributed by atoms with E-state index in [1.165, 1.54) is 13.0 Å². The highest BCUT2D eigenvalue weighted by Crippen LogP contribution is 2.25. The number of nitrogens with one attached hydrogen (secondary N) is 3. The van der Waals surface area contributed by atoms with Gasteiger partial charge < -0.3 is 10.2 Å². The summed E-state index contributed by atoms with van der Waals surface area (Å²) in [5.41, 5.74) is 8.28. The van der Waals surface area contributed by atoms with Gasteiger partial charge in [0, 0.05) is 37.6 Å². The first-order valence-electron chi connectivity index (χ1n) is 10.8. The number of hydrogen-bond acceptors (Lipinski definition) is 4. The lowest BCUT2D eigenvalue weighted by Gasteiger charge is -2.23. The average Bonchev–Trinajstić information content (AvgIpc) is 3.22. The summed E-state index contributed by atoms with van der Waals surface area (Å²) in [6.45, 7) is 2.06. The van der Waals surface area contributed by atoms with Gasteiger partial charge in [-0.15, -0.1) is 0 Å². The van der Waals surface area contributed by atoms with Crippen LogP contribution in [0.3, 0.4) is 0 Å². The Balaban J connectivity index is 1.45. The number of amides is 2. The molecule has 0 radical (unpaired) electrons. The Bertz CT molecular complexity index is 924. The van der Waals surface area contributed by atoms with Crippen molar-refractivity contribution < 1.29 is 14.0 Å². The molecule has 2 aromatic rings. The maximum atomic E-state index is 13.5. The summed E-state index contributed by atoms with van der Waals surface area (Å²) in [7, 11) is 1.78. The van der Waals surface area contributed by atoms with Crippen molar-refractivity contribution in [2.24, 2.45) is 0 Å². The average molecular weight is 461 g/mol. The van der Waals surface area contributed by atoms with E-state index in [4.69, 9.17) is 11.6 Å². The van der Waals surface area contributed by atoms with Crippen molar-refractivity contribution in [1.82, 2.24) is 21.1 Å². The Morgan fingerprint density at radius 1 is 1.22 bits per heavy atom. The van der Waals surface area contributed by atoms with Crippen LogP contribution in [-0.4, -0.2) is 36.3 Å². The van der Waals surface area contributed by atoms with E-state index < -0.39 is 6.04 Å². The second-order valence-corrected chi connectivity index (χ2v) is 8.73. The Kier molecular flexibility index (Phi) is 8.61.